The van der Waals surface area contributed by atoms with E-state index in [1.165, 1.54) is 0 Å². The average molecular weight is 186 g/mol. The van der Waals surface area contributed by atoms with E-state index in [-0.39, 0.29) is 6.61 Å². The number of halogens is 3. The molecule has 0 saturated carbocycles. The van der Waals surface area contributed by atoms with E-state index >= 15 is 0 Å². The van der Waals surface area contributed by atoms with Crippen LogP contribution >= 0.6 is 0 Å². The van der Waals surface area contributed by atoms with Crippen molar-refractivity contribution in [3.8, 4) is 0 Å². The highest BCUT2D eigenvalue weighted by molar-refractivity contribution is 4.67. The molecule has 0 amide bonds. The van der Waals surface area contributed by atoms with E-state index in [2.05, 4.69) is 0 Å². The normalized spacial score (nSPS) is 14.8. The van der Waals surface area contributed by atoms with E-state index < -0.39 is 18.6 Å². The Morgan fingerprint density at radius 1 is 1.50 bits per heavy atom. The van der Waals surface area contributed by atoms with E-state index in [0.717, 1.165) is 0 Å². The van der Waals surface area contributed by atoms with Crippen molar-refractivity contribution in [2.75, 3.05) is 13.2 Å². The molecule has 0 aromatic carbocycles. The van der Waals surface area contributed by atoms with E-state index in [0.29, 0.717) is 6.61 Å². The number of rotatable bonds is 5. The lowest BCUT2D eigenvalue weighted by Gasteiger charge is -2.16. The van der Waals surface area contributed by atoms with Crippen molar-refractivity contribution in [3.05, 3.63) is 0 Å². The van der Waals surface area contributed by atoms with Crippen molar-refractivity contribution in [1.29, 1.82) is 0 Å². The zero-order valence-electron chi connectivity index (χ0n) is 6.82. The third-order valence-corrected chi connectivity index (χ3v) is 1.24. The number of hydrazine groups is 1. The van der Waals surface area contributed by atoms with Gasteiger partial charge in [0.25, 0.3) is 0 Å². The fourth-order valence-corrected chi connectivity index (χ4v) is 0.705. The van der Waals surface area contributed by atoms with Gasteiger partial charge in [-0.3, -0.25) is 11.3 Å². The van der Waals surface area contributed by atoms with Crippen LogP contribution in [0.3, 0.4) is 0 Å². The van der Waals surface area contributed by atoms with Crippen LogP contribution in [0.25, 0.3) is 0 Å². The zero-order valence-corrected chi connectivity index (χ0v) is 6.82. The van der Waals surface area contributed by atoms with Gasteiger partial charge in [0.15, 0.2) is 0 Å². The fraction of sp³-hybridized carbons (Fsp3) is 1.00. The maximum atomic E-state index is 11.8. The van der Waals surface area contributed by atoms with Gasteiger partial charge in [-0.05, 0) is 6.92 Å². The molecule has 0 rings (SSSR count). The first-order chi connectivity index (χ1) is 5.49. The highest BCUT2D eigenvalue weighted by Gasteiger charge is 2.31. The van der Waals surface area contributed by atoms with E-state index in [1.54, 1.807) is 6.92 Å². The molecule has 0 bridgehead atoms. The number of nitrogens with one attached hydrogen (secondary N) is 1. The minimum atomic E-state index is -4.20. The van der Waals surface area contributed by atoms with Crippen molar-refractivity contribution in [2.24, 2.45) is 5.84 Å². The molecular weight excluding hydrogens is 173 g/mol. The minimum Gasteiger partial charge on any atom is -0.380 e. The molecule has 6 heteroatoms. The van der Waals surface area contributed by atoms with Crippen LogP contribution in [-0.2, 0) is 4.74 Å². The molecule has 3 nitrogen and oxygen atoms in total. The average Bonchev–Trinajstić information content (AvgIpc) is 1.95. The summed E-state index contributed by atoms with van der Waals surface area (Å²) in [6.45, 7) is 2.07. The van der Waals surface area contributed by atoms with Crippen LogP contribution in [0.1, 0.15) is 13.3 Å². The molecule has 0 saturated heterocycles. The Labute approximate surface area is 69.0 Å². The Morgan fingerprint density at radius 3 is 2.42 bits per heavy atom. The number of hydrogen-bond acceptors (Lipinski definition) is 3. The summed E-state index contributed by atoms with van der Waals surface area (Å²) in [6, 6.07) is -0.857. The van der Waals surface area contributed by atoms with Crippen LogP contribution in [0.5, 0.6) is 0 Å². The lowest BCUT2D eigenvalue weighted by atomic mass is 10.2. The van der Waals surface area contributed by atoms with Gasteiger partial charge in [0.05, 0.1) is 19.1 Å². The molecule has 74 valence electrons. The van der Waals surface area contributed by atoms with Crippen LogP contribution in [0.4, 0.5) is 13.2 Å². The fourth-order valence-electron chi connectivity index (χ4n) is 0.705. The molecule has 0 aliphatic carbocycles. The van der Waals surface area contributed by atoms with E-state index in [9.17, 15) is 13.2 Å². The lowest BCUT2D eigenvalue weighted by Crippen LogP contribution is -2.41. The Balaban J connectivity index is 3.67. The highest BCUT2D eigenvalue weighted by Crippen LogP contribution is 2.21. The number of alkyl halides is 3. The van der Waals surface area contributed by atoms with Crippen molar-refractivity contribution >= 4 is 0 Å². The van der Waals surface area contributed by atoms with Crippen molar-refractivity contribution in [2.45, 2.75) is 25.6 Å². The summed E-state index contributed by atoms with van der Waals surface area (Å²) in [5, 5.41) is 0. The van der Waals surface area contributed by atoms with Crippen LogP contribution < -0.4 is 11.3 Å². The van der Waals surface area contributed by atoms with Gasteiger partial charge >= 0.3 is 6.18 Å². The molecule has 0 fully saturated rings. The third kappa shape index (κ3) is 6.38. The predicted octanol–water partition coefficient (Wildman–Crippen LogP) is 0.807. The number of ether oxygens (including phenoxy) is 1. The first kappa shape index (κ1) is 11.7. The Bertz CT molecular complexity index is 118. The first-order valence-electron chi connectivity index (χ1n) is 3.60. The molecule has 1 unspecified atom stereocenters. The largest absolute Gasteiger partial charge is 0.390 e. The summed E-state index contributed by atoms with van der Waals surface area (Å²) in [6.07, 6.45) is -5.17. The van der Waals surface area contributed by atoms with E-state index in [4.69, 9.17) is 10.6 Å². The monoisotopic (exact) mass is 186 g/mol. The highest BCUT2D eigenvalue weighted by atomic mass is 19.4. The van der Waals surface area contributed by atoms with Gasteiger partial charge in [0.1, 0.15) is 0 Å². The molecule has 0 spiro atoms. The predicted molar refractivity (Wildman–Crippen MR) is 38.3 cm³/mol. The van der Waals surface area contributed by atoms with Gasteiger partial charge in [-0.25, -0.2) is 0 Å². The molecule has 0 aromatic heterocycles. The third-order valence-electron chi connectivity index (χ3n) is 1.24. The van der Waals surface area contributed by atoms with Crippen LogP contribution in [0, 0.1) is 0 Å². The van der Waals surface area contributed by atoms with Gasteiger partial charge in [0, 0.05) is 6.61 Å². The lowest BCUT2D eigenvalue weighted by molar-refractivity contribution is -0.143. The maximum absolute atomic E-state index is 11.8. The Hall–Kier alpha value is -0.330. The molecule has 0 aliphatic rings. The van der Waals surface area contributed by atoms with Crippen LogP contribution in [-0.4, -0.2) is 25.4 Å². The van der Waals surface area contributed by atoms with Gasteiger partial charge in [-0.2, -0.15) is 13.2 Å². The molecule has 0 heterocycles. The number of nitrogens with two attached hydrogens (primary N) is 1. The quantitative estimate of drug-likeness (QED) is 0.493. The van der Waals surface area contributed by atoms with Gasteiger partial charge in [-0.15, -0.1) is 0 Å². The molecule has 0 aromatic rings. The molecule has 12 heavy (non-hydrogen) atoms. The molecular formula is C6H13F3N2O. The summed E-state index contributed by atoms with van der Waals surface area (Å²) in [4.78, 5) is 0. The summed E-state index contributed by atoms with van der Waals surface area (Å²) in [5.74, 6) is 4.89. The van der Waals surface area contributed by atoms with E-state index in [1.807, 2.05) is 5.43 Å². The van der Waals surface area contributed by atoms with Crippen LogP contribution in [0.2, 0.25) is 0 Å². The Kier molecular flexibility index (Phi) is 5.19. The second-order valence-electron chi connectivity index (χ2n) is 2.34. The number of hydrogen-bond donors (Lipinski definition) is 2. The molecule has 0 aliphatic heterocycles. The van der Waals surface area contributed by atoms with Gasteiger partial charge in [0.2, 0.25) is 0 Å². The summed E-state index contributed by atoms with van der Waals surface area (Å²) in [5.41, 5.74) is 2.05. The SMILES string of the molecule is CCOCC(CC(F)(F)F)NN. The van der Waals surface area contributed by atoms with Crippen LogP contribution in [0.15, 0.2) is 0 Å². The Morgan fingerprint density at radius 2 is 2.08 bits per heavy atom. The second-order valence-corrected chi connectivity index (χ2v) is 2.34. The second kappa shape index (κ2) is 5.34. The summed E-state index contributed by atoms with van der Waals surface area (Å²) < 4.78 is 40.1. The van der Waals surface area contributed by atoms with Gasteiger partial charge in [-0.1, -0.05) is 0 Å². The maximum Gasteiger partial charge on any atom is 0.390 e. The van der Waals surface area contributed by atoms with Crippen molar-refractivity contribution in [1.82, 2.24) is 5.43 Å². The smallest absolute Gasteiger partial charge is 0.380 e. The standard InChI is InChI=1S/C6H13F3N2O/c1-2-12-4-5(11-10)3-6(7,8)9/h5,11H,2-4,10H2,1H3. The van der Waals surface area contributed by atoms with Gasteiger partial charge < -0.3 is 4.74 Å². The molecule has 0 radical (unpaired) electrons. The summed E-state index contributed by atoms with van der Waals surface area (Å²) in [7, 11) is 0. The molecule has 1 atom stereocenters. The zero-order chi connectivity index (χ0) is 9.61. The minimum absolute atomic E-state index is 0.0213. The molecule has 3 N–H and O–H groups in total. The topological polar surface area (TPSA) is 47.3 Å². The summed E-state index contributed by atoms with van der Waals surface area (Å²) >= 11 is 0. The van der Waals surface area contributed by atoms with Crippen molar-refractivity contribution < 1.29 is 17.9 Å². The van der Waals surface area contributed by atoms with Crippen molar-refractivity contribution in [3.63, 3.8) is 0 Å². The first-order valence-corrected chi connectivity index (χ1v) is 3.60.